The minimum Gasteiger partial charge on any atom is -0.467 e. The van der Waals surface area contributed by atoms with Crippen LogP contribution in [0.25, 0.3) is 0 Å². The quantitative estimate of drug-likeness (QED) is 0.601. The van der Waals surface area contributed by atoms with Gasteiger partial charge in [0.05, 0.1) is 25.2 Å². The molecule has 2 bridgehead atoms. The summed E-state index contributed by atoms with van der Waals surface area (Å²) in [6.45, 7) is 3.12. The first-order chi connectivity index (χ1) is 17.4. The minimum atomic E-state index is -1.36. The molecule has 0 unspecified atom stereocenters. The van der Waals surface area contributed by atoms with Crippen LogP contribution in [-0.4, -0.2) is 61.0 Å². The summed E-state index contributed by atoms with van der Waals surface area (Å²) in [6.07, 6.45) is 1.97. The summed E-state index contributed by atoms with van der Waals surface area (Å²) in [4.78, 5) is 31.7. The average Bonchev–Trinajstić information content (AvgIpc) is 3.56. The fourth-order valence-corrected chi connectivity index (χ4v) is 9.09. The zero-order valence-corrected chi connectivity index (χ0v) is 21.0. The Kier molecular flexibility index (Phi) is 4.40. The summed E-state index contributed by atoms with van der Waals surface area (Å²) in [5.41, 5.74) is -0.123. The van der Waals surface area contributed by atoms with Crippen molar-refractivity contribution < 1.29 is 23.8 Å². The van der Waals surface area contributed by atoms with Gasteiger partial charge in [0.2, 0.25) is 11.5 Å². The lowest BCUT2D eigenvalue weighted by atomic mass is 9.48. The first-order valence-corrected chi connectivity index (χ1v) is 13.0. The van der Waals surface area contributed by atoms with E-state index in [0.29, 0.717) is 26.0 Å². The molecule has 2 aromatic rings. The first kappa shape index (κ1) is 22.3. The van der Waals surface area contributed by atoms with Gasteiger partial charge in [0, 0.05) is 31.1 Å². The molecular formula is C29H32N2O5. The first-order valence-electron chi connectivity index (χ1n) is 13.0. The Hall–Kier alpha value is -2.90. The summed E-state index contributed by atoms with van der Waals surface area (Å²) in [6, 6.07) is 18.1. The highest BCUT2D eigenvalue weighted by atomic mass is 16.6. The highest BCUT2D eigenvalue weighted by molar-refractivity contribution is 5.91. The molecule has 4 saturated heterocycles. The van der Waals surface area contributed by atoms with E-state index in [2.05, 4.69) is 30.0 Å². The summed E-state index contributed by atoms with van der Waals surface area (Å²) in [5, 5.41) is 0. The van der Waals surface area contributed by atoms with Crippen LogP contribution in [0.2, 0.25) is 0 Å². The summed E-state index contributed by atoms with van der Waals surface area (Å²) >= 11 is 0. The van der Waals surface area contributed by atoms with Gasteiger partial charge in [-0.05, 0) is 36.5 Å². The van der Waals surface area contributed by atoms with Gasteiger partial charge >= 0.3 is 5.97 Å². The third kappa shape index (κ3) is 2.09. The van der Waals surface area contributed by atoms with Crippen LogP contribution in [0, 0.1) is 5.41 Å². The van der Waals surface area contributed by atoms with Crippen molar-refractivity contribution in [2.45, 2.75) is 68.1 Å². The van der Waals surface area contributed by atoms with Crippen LogP contribution < -0.4 is 4.90 Å². The predicted molar refractivity (Wildman–Crippen MR) is 132 cm³/mol. The van der Waals surface area contributed by atoms with Gasteiger partial charge in [-0.1, -0.05) is 55.5 Å². The highest BCUT2D eigenvalue weighted by Crippen LogP contribution is 2.80. The van der Waals surface area contributed by atoms with E-state index in [1.807, 2.05) is 48.3 Å². The number of ether oxygens (including phenoxy) is 3. The number of carbonyl (C=O) groups excluding carboxylic acids is 2. The number of anilines is 1. The fourth-order valence-electron chi connectivity index (χ4n) is 9.09. The lowest BCUT2D eigenvalue weighted by Crippen LogP contribution is -2.76. The van der Waals surface area contributed by atoms with Crippen molar-refractivity contribution >= 4 is 17.6 Å². The number of methoxy groups -OCH3 is 1. The van der Waals surface area contributed by atoms with Crippen molar-refractivity contribution in [2.75, 3.05) is 25.6 Å². The second kappa shape index (κ2) is 7.11. The van der Waals surface area contributed by atoms with Crippen molar-refractivity contribution in [1.82, 2.24) is 4.90 Å². The van der Waals surface area contributed by atoms with Crippen LogP contribution in [-0.2, 0) is 35.8 Å². The van der Waals surface area contributed by atoms with E-state index in [-0.39, 0.29) is 11.9 Å². The van der Waals surface area contributed by atoms with Gasteiger partial charge in [-0.25, -0.2) is 4.79 Å². The minimum absolute atomic E-state index is 0.103. The number of piperidine rings is 1. The molecule has 2 aromatic carbocycles. The van der Waals surface area contributed by atoms with E-state index >= 15 is 0 Å². The second-order valence-corrected chi connectivity index (χ2v) is 11.0. The van der Waals surface area contributed by atoms with E-state index < -0.39 is 34.2 Å². The van der Waals surface area contributed by atoms with Crippen molar-refractivity contribution in [3.8, 4) is 0 Å². The molecule has 5 aliphatic rings. The lowest BCUT2D eigenvalue weighted by molar-refractivity contribution is -0.214. The van der Waals surface area contributed by atoms with Gasteiger partial charge in [-0.15, -0.1) is 0 Å². The number of nitrogens with zero attached hydrogens (tertiary/aromatic N) is 2. The van der Waals surface area contributed by atoms with Gasteiger partial charge in [-0.2, -0.15) is 0 Å². The Morgan fingerprint density at radius 2 is 1.86 bits per heavy atom. The Balaban J connectivity index is 1.50. The number of esters is 1. The second-order valence-electron chi connectivity index (χ2n) is 11.0. The van der Waals surface area contributed by atoms with E-state index in [9.17, 15) is 9.59 Å². The number of para-hydroxylation sites is 1. The Bertz CT molecular complexity index is 1270. The molecule has 0 saturated carbocycles. The van der Waals surface area contributed by atoms with E-state index in [1.54, 1.807) is 0 Å². The fraction of sp³-hybridized carbons (Fsp3) is 0.517. The van der Waals surface area contributed by atoms with E-state index in [4.69, 9.17) is 14.2 Å². The zero-order valence-electron chi connectivity index (χ0n) is 21.0. The third-order valence-corrected chi connectivity index (χ3v) is 10.1. The maximum absolute atomic E-state index is 14.1. The normalized spacial score (nSPS) is 39.2. The molecule has 0 N–H and O–H groups in total. The van der Waals surface area contributed by atoms with Crippen molar-refractivity contribution in [3.05, 3.63) is 65.7 Å². The SMILES string of the molecule is CC[C@@]12CCC(=O)N3CC[C@]45c6ccccc6N(C)[C@H]4[C@@](C(=O)OC)(O[C@@]315)[C@@H]2OCc1ccccc1. The largest absolute Gasteiger partial charge is 0.467 e. The molecule has 7 rings (SSSR count). The number of likely N-dealkylation sites (N-methyl/N-ethyl adjacent to an activating group) is 1. The molecule has 2 spiro atoms. The van der Waals surface area contributed by atoms with E-state index in [0.717, 1.165) is 24.1 Å². The van der Waals surface area contributed by atoms with Crippen molar-refractivity contribution in [1.29, 1.82) is 0 Å². The molecule has 1 amide bonds. The molecule has 7 nitrogen and oxygen atoms in total. The summed E-state index contributed by atoms with van der Waals surface area (Å²) in [7, 11) is 3.47. The van der Waals surface area contributed by atoms with Crippen LogP contribution in [0.3, 0.4) is 0 Å². The van der Waals surface area contributed by atoms with Crippen LogP contribution in [0.15, 0.2) is 54.6 Å². The zero-order chi connectivity index (χ0) is 24.9. The number of rotatable bonds is 5. The average molecular weight is 489 g/mol. The van der Waals surface area contributed by atoms with E-state index in [1.165, 1.54) is 12.7 Å². The molecule has 36 heavy (non-hydrogen) atoms. The highest BCUT2D eigenvalue weighted by Gasteiger charge is 2.95. The standard InChI is InChI=1S/C29H32N2O5/c1-4-26-15-14-22(32)31-17-16-27-20-12-8-9-13-21(20)30(2)23(27)28(25(33)34-3,36-29(26,27)31)24(26)35-18-19-10-6-5-7-11-19/h5-13,23-24H,4,14-18H2,1-3H3/t23-,24-,26+,27+,28-,29+/m1/s1. The predicted octanol–water partition coefficient (Wildman–Crippen LogP) is 3.40. The number of hydrogen-bond acceptors (Lipinski definition) is 6. The number of hydrogen-bond donors (Lipinski definition) is 0. The molecule has 5 aliphatic heterocycles. The molecule has 4 fully saturated rings. The number of fused-ring (bicyclic) bond motifs is 3. The lowest BCUT2D eigenvalue weighted by Gasteiger charge is -2.60. The van der Waals surface area contributed by atoms with Crippen LogP contribution in [0.4, 0.5) is 5.69 Å². The number of benzene rings is 2. The van der Waals surface area contributed by atoms with Crippen LogP contribution in [0.5, 0.6) is 0 Å². The van der Waals surface area contributed by atoms with Gasteiger partial charge in [0.15, 0.2) is 5.72 Å². The number of carbonyl (C=O) groups is 2. The maximum atomic E-state index is 14.1. The van der Waals surface area contributed by atoms with Gasteiger partial charge in [0.1, 0.15) is 6.10 Å². The monoisotopic (exact) mass is 488 g/mol. The molecule has 188 valence electrons. The van der Waals surface area contributed by atoms with Crippen LogP contribution >= 0.6 is 0 Å². The topological polar surface area (TPSA) is 68.3 Å². The molecule has 6 atom stereocenters. The van der Waals surface area contributed by atoms with Crippen molar-refractivity contribution in [2.24, 2.45) is 5.41 Å². The van der Waals surface area contributed by atoms with Gasteiger partial charge < -0.3 is 24.0 Å². The Morgan fingerprint density at radius 1 is 1.11 bits per heavy atom. The van der Waals surface area contributed by atoms with Crippen LogP contribution in [0.1, 0.15) is 43.7 Å². The third-order valence-electron chi connectivity index (χ3n) is 10.1. The Labute approximate surface area is 211 Å². The van der Waals surface area contributed by atoms with Gasteiger partial charge in [-0.3, -0.25) is 4.79 Å². The molecule has 0 radical (unpaired) electrons. The Morgan fingerprint density at radius 3 is 2.61 bits per heavy atom. The summed E-state index contributed by atoms with van der Waals surface area (Å²) in [5.74, 6) is -0.311. The molecule has 0 aromatic heterocycles. The molecule has 0 aliphatic carbocycles. The smallest absolute Gasteiger partial charge is 0.343 e. The summed E-state index contributed by atoms with van der Waals surface area (Å²) < 4.78 is 19.6. The maximum Gasteiger partial charge on any atom is 0.343 e. The molecule has 7 heteroatoms. The molecule has 5 heterocycles. The molecular weight excluding hydrogens is 456 g/mol. The number of amides is 1. The van der Waals surface area contributed by atoms with Crippen molar-refractivity contribution in [3.63, 3.8) is 0 Å². The van der Waals surface area contributed by atoms with Gasteiger partial charge in [0.25, 0.3) is 0 Å².